The molecule has 0 aliphatic carbocycles. The number of aryl methyl sites for hydroxylation is 1. The van der Waals surface area contributed by atoms with Gasteiger partial charge >= 0.3 is 0 Å². The van der Waals surface area contributed by atoms with Crippen molar-refractivity contribution in [3.8, 4) is 11.5 Å². The van der Waals surface area contributed by atoms with Gasteiger partial charge in [-0.2, -0.15) is 0 Å². The lowest BCUT2D eigenvalue weighted by molar-refractivity contribution is -0.125. The van der Waals surface area contributed by atoms with E-state index in [9.17, 15) is 4.79 Å². The van der Waals surface area contributed by atoms with Gasteiger partial charge in [-0.3, -0.25) is 9.78 Å². The number of aromatic nitrogens is 1. The second-order valence-corrected chi connectivity index (χ2v) is 5.50. The second-order valence-electron chi connectivity index (χ2n) is 5.50. The first-order valence-electron chi connectivity index (χ1n) is 7.56. The molecule has 0 radical (unpaired) electrons. The Morgan fingerprint density at radius 3 is 2.84 bits per heavy atom. The molecular weight excluding hydrogens is 340 g/mol. The van der Waals surface area contributed by atoms with E-state index in [1.807, 2.05) is 37.3 Å². The Balaban J connectivity index is 0.00000225. The minimum atomic E-state index is -0.143. The number of hydrogen-bond acceptors (Lipinski definition) is 4. The number of benzene rings is 1. The molecule has 6 heteroatoms. The number of hydrogen-bond donors (Lipinski definition) is 0. The van der Waals surface area contributed by atoms with E-state index in [4.69, 9.17) is 9.15 Å². The molecule has 3 aromatic rings. The topological polar surface area (TPSA) is 55.6 Å². The van der Waals surface area contributed by atoms with Crippen LogP contribution in [0.15, 0.2) is 59.8 Å². The Kier molecular flexibility index (Phi) is 5.83. The summed E-state index contributed by atoms with van der Waals surface area (Å²) in [5.41, 5.74) is 1.76. The molecule has 2 heterocycles. The lowest BCUT2D eigenvalue weighted by atomic mass is 10.1. The molecule has 2 aromatic heterocycles. The van der Waals surface area contributed by atoms with Gasteiger partial charge in [-0.05, 0) is 43.3 Å². The van der Waals surface area contributed by atoms with Gasteiger partial charge in [0.2, 0.25) is 5.91 Å². The lowest BCUT2D eigenvalue weighted by Crippen LogP contribution is -2.23. The summed E-state index contributed by atoms with van der Waals surface area (Å²) in [6, 6.07) is 9.32. The molecule has 0 spiro atoms. The van der Waals surface area contributed by atoms with E-state index in [1.54, 1.807) is 24.3 Å². The summed E-state index contributed by atoms with van der Waals surface area (Å²) < 4.78 is 11.7. The number of carbonyl (C=O) groups excluding carboxylic acids is 1. The average Bonchev–Trinajstić information content (AvgIpc) is 2.91. The number of pyridine rings is 1. The molecule has 5 nitrogen and oxygen atoms in total. The maximum absolute atomic E-state index is 11.6. The quantitative estimate of drug-likeness (QED) is 0.630. The van der Waals surface area contributed by atoms with Crippen molar-refractivity contribution in [2.75, 3.05) is 7.05 Å². The molecule has 1 aromatic carbocycles. The van der Waals surface area contributed by atoms with Gasteiger partial charge in [0.25, 0.3) is 0 Å². The van der Waals surface area contributed by atoms with Crippen LogP contribution in [0.2, 0.25) is 0 Å². The molecule has 3 rings (SSSR count). The fraction of sp³-hybridized carbons (Fsp3) is 0.158. The van der Waals surface area contributed by atoms with Gasteiger partial charge in [0.1, 0.15) is 22.8 Å². The summed E-state index contributed by atoms with van der Waals surface area (Å²) in [6.07, 6.45) is 4.65. The Bertz CT molecular complexity index is 890. The molecular formula is C19H19ClN2O3. The van der Waals surface area contributed by atoms with Gasteiger partial charge in [0.05, 0.1) is 12.7 Å². The van der Waals surface area contributed by atoms with Gasteiger partial charge in [-0.1, -0.05) is 6.58 Å². The van der Waals surface area contributed by atoms with Crippen molar-refractivity contribution < 1.29 is 13.9 Å². The van der Waals surface area contributed by atoms with E-state index >= 15 is 0 Å². The maximum atomic E-state index is 11.6. The van der Waals surface area contributed by atoms with Gasteiger partial charge in [-0.25, -0.2) is 0 Å². The highest BCUT2D eigenvalue weighted by Gasteiger charge is 2.15. The molecule has 0 unspecified atom stereocenters. The number of fused-ring (bicyclic) bond motifs is 1. The number of carbonyl (C=O) groups is 1. The normalized spacial score (nSPS) is 10.2. The number of furan rings is 1. The monoisotopic (exact) mass is 358 g/mol. The summed E-state index contributed by atoms with van der Waals surface area (Å²) in [5, 5.41) is 0.964. The van der Waals surface area contributed by atoms with Crippen molar-refractivity contribution in [2.45, 2.75) is 13.5 Å². The third-order valence-electron chi connectivity index (χ3n) is 3.81. The van der Waals surface area contributed by atoms with Crippen LogP contribution < -0.4 is 4.74 Å². The zero-order valence-corrected chi connectivity index (χ0v) is 14.9. The van der Waals surface area contributed by atoms with E-state index in [0.717, 1.165) is 22.3 Å². The number of ether oxygens (including phenoxy) is 1. The third kappa shape index (κ3) is 4.00. The van der Waals surface area contributed by atoms with Crippen LogP contribution in [0.25, 0.3) is 11.0 Å². The summed E-state index contributed by atoms with van der Waals surface area (Å²) in [4.78, 5) is 17.2. The lowest BCUT2D eigenvalue weighted by Gasteiger charge is -2.13. The molecule has 1 amide bonds. The van der Waals surface area contributed by atoms with Gasteiger partial charge < -0.3 is 14.1 Å². The molecule has 0 atom stereocenters. The van der Waals surface area contributed by atoms with Crippen molar-refractivity contribution in [2.24, 2.45) is 0 Å². The fourth-order valence-corrected chi connectivity index (χ4v) is 2.46. The van der Waals surface area contributed by atoms with Crippen LogP contribution in [0.4, 0.5) is 0 Å². The zero-order valence-electron chi connectivity index (χ0n) is 14.1. The molecule has 0 saturated carbocycles. The smallest absolute Gasteiger partial charge is 0.246 e. The van der Waals surface area contributed by atoms with E-state index < -0.39 is 0 Å². The van der Waals surface area contributed by atoms with E-state index in [2.05, 4.69) is 11.6 Å². The number of amides is 1. The molecule has 25 heavy (non-hydrogen) atoms. The van der Waals surface area contributed by atoms with Crippen LogP contribution in [-0.4, -0.2) is 22.8 Å². The molecule has 0 N–H and O–H groups in total. The minimum Gasteiger partial charge on any atom is -0.459 e. The maximum Gasteiger partial charge on any atom is 0.246 e. The van der Waals surface area contributed by atoms with E-state index in [1.165, 1.54) is 6.08 Å². The molecule has 0 bridgehead atoms. The molecule has 0 saturated heterocycles. The first-order valence-corrected chi connectivity index (χ1v) is 7.56. The largest absolute Gasteiger partial charge is 0.459 e. The van der Waals surface area contributed by atoms with Crippen LogP contribution in [0.1, 0.15) is 11.3 Å². The summed E-state index contributed by atoms with van der Waals surface area (Å²) in [7, 11) is 1.72. The number of rotatable bonds is 5. The Hall–Kier alpha value is -2.79. The highest BCUT2D eigenvalue weighted by molar-refractivity contribution is 5.87. The third-order valence-corrected chi connectivity index (χ3v) is 3.81. The Morgan fingerprint density at radius 1 is 1.36 bits per heavy atom. The van der Waals surface area contributed by atoms with Crippen molar-refractivity contribution >= 4 is 29.3 Å². The van der Waals surface area contributed by atoms with Crippen LogP contribution in [0.5, 0.6) is 11.5 Å². The standard InChI is InChI=1S/C19H18N2O3.ClH/c1-4-19(22)21(3)12-18-13(2)16-10-14(7-8-17(16)24-18)23-15-6-5-9-20-11-15;/h4-11H,1,12H2,2-3H3;1H. The van der Waals surface area contributed by atoms with Crippen LogP contribution >= 0.6 is 12.4 Å². The predicted molar refractivity (Wildman–Crippen MR) is 99.2 cm³/mol. The number of nitrogens with zero attached hydrogens (tertiary/aromatic N) is 2. The van der Waals surface area contributed by atoms with Crippen molar-refractivity contribution in [3.05, 3.63) is 66.7 Å². The van der Waals surface area contributed by atoms with E-state index in [0.29, 0.717) is 18.0 Å². The molecule has 0 fully saturated rings. The van der Waals surface area contributed by atoms with Crippen LogP contribution in [-0.2, 0) is 11.3 Å². The van der Waals surface area contributed by atoms with Gasteiger partial charge in [0, 0.05) is 24.2 Å². The van der Waals surface area contributed by atoms with Gasteiger partial charge in [0.15, 0.2) is 0 Å². The minimum absolute atomic E-state index is 0. The van der Waals surface area contributed by atoms with E-state index in [-0.39, 0.29) is 18.3 Å². The number of halogens is 1. The second kappa shape index (κ2) is 7.85. The highest BCUT2D eigenvalue weighted by Crippen LogP contribution is 2.31. The highest BCUT2D eigenvalue weighted by atomic mass is 35.5. The fourth-order valence-electron chi connectivity index (χ4n) is 2.46. The van der Waals surface area contributed by atoms with Crippen LogP contribution in [0, 0.1) is 6.92 Å². The van der Waals surface area contributed by atoms with Gasteiger partial charge in [-0.15, -0.1) is 12.4 Å². The SMILES string of the molecule is C=CC(=O)N(C)Cc1oc2ccc(Oc3cccnc3)cc2c1C.Cl. The summed E-state index contributed by atoms with van der Waals surface area (Å²) in [5.74, 6) is 1.99. The Labute approximate surface area is 152 Å². The first-order chi connectivity index (χ1) is 11.6. The van der Waals surface area contributed by atoms with Crippen LogP contribution in [0.3, 0.4) is 0 Å². The first kappa shape index (κ1) is 18.5. The average molecular weight is 359 g/mol. The zero-order chi connectivity index (χ0) is 17.1. The predicted octanol–water partition coefficient (Wildman–Crippen LogP) is 4.49. The Morgan fingerprint density at radius 2 is 2.16 bits per heavy atom. The van der Waals surface area contributed by atoms with Crippen molar-refractivity contribution in [3.63, 3.8) is 0 Å². The van der Waals surface area contributed by atoms with Crippen molar-refractivity contribution in [1.82, 2.24) is 9.88 Å². The molecule has 0 aliphatic rings. The summed E-state index contributed by atoms with van der Waals surface area (Å²) >= 11 is 0. The summed E-state index contributed by atoms with van der Waals surface area (Å²) in [6.45, 7) is 5.86. The van der Waals surface area contributed by atoms with Crippen molar-refractivity contribution in [1.29, 1.82) is 0 Å². The molecule has 130 valence electrons. The molecule has 0 aliphatic heterocycles. The number of likely N-dealkylation sites (N-methyl/N-ethyl adjacent to an activating group) is 1.